The Morgan fingerprint density at radius 2 is 1.54 bits per heavy atom. The van der Waals surface area contributed by atoms with E-state index in [4.69, 9.17) is 5.73 Å². The fourth-order valence-corrected chi connectivity index (χ4v) is 5.82. The maximum absolute atomic E-state index is 12.3. The number of benzene rings is 3. The summed E-state index contributed by atoms with van der Waals surface area (Å²) < 4.78 is 35.9. The van der Waals surface area contributed by atoms with Crippen LogP contribution in [-0.2, 0) is 10.3 Å². The topological polar surface area (TPSA) is 121 Å². The first-order valence-electron chi connectivity index (χ1n) is 11.9. The van der Waals surface area contributed by atoms with Gasteiger partial charge in [-0.1, -0.05) is 48.5 Å². The van der Waals surface area contributed by atoms with Gasteiger partial charge in [0.25, 0.3) is 0 Å². The molecule has 1 fully saturated rings. The Balaban J connectivity index is 1.22. The molecule has 0 amide bonds. The average molecular weight is 492 g/mol. The third-order valence-corrected chi connectivity index (χ3v) is 7.79. The van der Waals surface area contributed by atoms with Crippen molar-refractivity contribution in [3.63, 3.8) is 0 Å². The van der Waals surface area contributed by atoms with Crippen LogP contribution in [0.1, 0.15) is 25.7 Å². The number of rotatable bonds is 7. The van der Waals surface area contributed by atoms with Crippen molar-refractivity contribution < 1.29 is 13.0 Å². The van der Waals surface area contributed by atoms with Gasteiger partial charge >= 0.3 is 10.3 Å². The molecule has 8 nitrogen and oxygen atoms in total. The summed E-state index contributed by atoms with van der Waals surface area (Å²) >= 11 is 0. The lowest BCUT2D eigenvalue weighted by molar-refractivity contribution is 0.288. The minimum atomic E-state index is -4.40. The number of nitrogens with zero attached hydrogens (tertiary/aromatic N) is 3. The first-order chi connectivity index (χ1) is 16.9. The summed E-state index contributed by atoms with van der Waals surface area (Å²) in [5, 5.41) is 5.91. The van der Waals surface area contributed by atoms with Crippen LogP contribution in [0.25, 0.3) is 21.7 Å². The first kappa shape index (κ1) is 23.3. The molecule has 1 aliphatic rings. The molecule has 0 unspecified atom stereocenters. The number of hydrogen-bond donors (Lipinski definition) is 3. The fraction of sp³-hybridized carbons (Fsp3) is 0.308. The van der Waals surface area contributed by atoms with Crippen molar-refractivity contribution in [3.8, 4) is 0 Å². The molecule has 1 saturated carbocycles. The maximum Gasteiger partial charge on any atom is 0.359 e. The first-order valence-corrected chi connectivity index (χ1v) is 13.3. The molecule has 3 aromatic carbocycles. The molecule has 35 heavy (non-hydrogen) atoms. The van der Waals surface area contributed by atoms with Crippen LogP contribution in [0.4, 0.5) is 17.5 Å². The summed E-state index contributed by atoms with van der Waals surface area (Å²) in [7, 11) is -4.40. The minimum absolute atomic E-state index is 0.166. The van der Waals surface area contributed by atoms with E-state index in [0.717, 1.165) is 58.2 Å². The number of fused-ring (bicyclic) bond motifs is 2. The number of nitrogens with two attached hydrogens (primary N) is 1. The lowest BCUT2D eigenvalue weighted by Crippen LogP contribution is -2.36. The van der Waals surface area contributed by atoms with E-state index >= 15 is 0 Å². The van der Waals surface area contributed by atoms with Gasteiger partial charge in [0.15, 0.2) is 0 Å². The summed E-state index contributed by atoms with van der Waals surface area (Å²) in [4.78, 5) is 8.94. The number of anilines is 3. The number of nitrogens with one attached hydrogen (secondary N) is 1. The Labute approximate surface area is 205 Å². The molecule has 4 N–H and O–H groups in total. The van der Waals surface area contributed by atoms with Gasteiger partial charge in [-0.2, -0.15) is 13.4 Å². The quantitative estimate of drug-likeness (QED) is 0.315. The molecule has 0 radical (unpaired) electrons. The summed E-state index contributed by atoms with van der Waals surface area (Å²) in [5.41, 5.74) is 7.41. The summed E-state index contributed by atoms with van der Waals surface area (Å²) in [5.74, 6) is 1.58. The van der Waals surface area contributed by atoms with Crippen molar-refractivity contribution in [2.45, 2.75) is 25.7 Å². The molecule has 0 spiro atoms. The van der Waals surface area contributed by atoms with Gasteiger partial charge in [-0.3, -0.25) is 4.55 Å². The highest BCUT2D eigenvalue weighted by molar-refractivity contribution is 7.87. The van der Waals surface area contributed by atoms with E-state index in [1.165, 1.54) is 0 Å². The van der Waals surface area contributed by atoms with Gasteiger partial charge in [-0.25, -0.2) is 9.29 Å². The number of hydrogen-bond acceptors (Lipinski definition) is 6. The third kappa shape index (κ3) is 5.16. The SMILES string of the molecule is Nc1nc(NCC2CCC(CN(c3cccc4ccccc34)S(=O)(=O)O)CC2)nc2ccccc12. The number of nitrogen functional groups attached to an aromatic ring is 1. The number of aromatic nitrogens is 2. The van der Waals surface area contributed by atoms with Gasteiger partial charge in [-0.15, -0.1) is 0 Å². The van der Waals surface area contributed by atoms with Crippen molar-refractivity contribution in [3.05, 3.63) is 66.7 Å². The van der Waals surface area contributed by atoms with Crippen LogP contribution in [0.15, 0.2) is 66.7 Å². The van der Waals surface area contributed by atoms with Gasteiger partial charge in [0.1, 0.15) is 5.82 Å². The van der Waals surface area contributed by atoms with Crippen LogP contribution in [0.2, 0.25) is 0 Å². The molecule has 1 heterocycles. The zero-order valence-corrected chi connectivity index (χ0v) is 20.2. The van der Waals surface area contributed by atoms with Crippen molar-refractivity contribution in [2.75, 3.05) is 28.4 Å². The van der Waals surface area contributed by atoms with Crippen LogP contribution in [-0.4, -0.2) is 36.0 Å². The molecule has 1 aromatic heterocycles. The smallest absolute Gasteiger partial charge is 0.359 e. The van der Waals surface area contributed by atoms with E-state index in [1.54, 1.807) is 6.07 Å². The highest BCUT2D eigenvalue weighted by atomic mass is 32.2. The van der Waals surface area contributed by atoms with Crippen LogP contribution >= 0.6 is 0 Å². The van der Waals surface area contributed by atoms with Crippen molar-refractivity contribution in [1.29, 1.82) is 0 Å². The summed E-state index contributed by atoms with van der Waals surface area (Å²) in [6.07, 6.45) is 3.67. The molecule has 5 rings (SSSR count). The summed E-state index contributed by atoms with van der Waals surface area (Å²) in [6, 6.07) is 20.8. The third-order valence-electron chi connectivity index (χ3n) is 6.89. The fourth-order valence-electron chi connectivity index (χ4n) is 5.01. The molecule has 0 bridgehead atoms. The molecule has 0 saturated heterocycles. The van der Waals surface area contributed by atoms with Gasteiger partial charge in [-0.05, 0) is 61.1 Å². The minimum Gasteiger partial charge on any atom is -0.383 e. The molecule has 182 valence electrons. The van der Waals surface area contributed by atoms with Gasteiger partial charge < -0.3 is 11.1 Å². The van der Waals surface area contributed by atoms with Crippen molar-refractivity contribution in [1.82, 2.24) is 9.97 Å². The normalized spacial score (nSPS) is 18.5. The Hall–Kier alpha value is -3.43. The van der Waals surface area contributed by atoms with Gasteiger partial charge in [0.2, 0.25) is 5.95 Å². The second-order valence-corrected chi connectivity index (χ2v) is 10.6. The second kappa shape index (κ2) is 9.67. The Bertz CT molecular complexity index is 1450. The number of para-hydroxylation sites is 1. The van der Waals surface area contributed by atoms with Crippen LogP contribution in [0.3, 0.4) is 0 Å². The maximum atomic E-state index is 12.3. The monoisotopic (exact) mass is 491 g/mol. The van der Waals surface area contributed by atoms with Crippen LogP contribution in [0.5, 0.6) is 0 Å². The van der Waals surface area contributed by atoms with Gasteiger partial charge in [0.05, 0.1) is 11.2 Å². The molecular weight excluding hydrogens is 462 g/mol. The zero-order chi connectivity index (χ0) is 24.4. The van der Waals surface area contributed by atoms with E-state index in [2.05, 4.69) is 15.3 Å². The molecule has 9 heteroatoms. The van der Waals surface area contributed by atoms with E-state index in [1.807, 2.05) is 60.7 Å². The predicted molar refractivity (Wildman–Crippen MR) is 141 cm³/mol. The molecule has 0 atom stereocenters. The van der Waals surface area contributed by atoms with E-state index in [0.29, 0.717) is 23.4 Å². The van der Waals surface area contributed by atoms with Crippen LogP contribution < -0.4 is 15.4 Å². The Morgan fingerprint density at radius 3 is 2.31 bits per heavy atom. The highest BCUT2D eigenvalue weighted by Crippen LogP contribution is 2.34. The lowest BCUT2D eigenvalue weighted by Gasteiger charge is -2.32. The van der Waals surface area contributed by atoms with Crippen molar-refractivity contribution in [2.24, 2.45) is 11.8 Å². The average Bonchev–Trinajstić information content (AvgIpc) is 2.86. The van der Waals surface area contributed by atoms with Crippen LogP contribution in [0, 0.1) is 11.8 Å². The largest absolute Gasteiger partial charge is 0.383 e. The van der Waals surface area contributed by atoms with E-state index < -0.39 is 10.3 Å². The Kier molecular flexibility index (Phi) is 6.44. The summed E-state index contributed by atoms with van der Waals surface area (Å²) in [6.45, 7) is 0.993. The van der Waals surface area contributed by atoms with E-state index in [-0.39, 0.29) is 12.5 Å². The molecule has 1 aliphatic carbocycles. The van der Waals surface area contributed by atoms with E-state index in [9.17, 15) is 13.0 Å². The highest BCUT2D eigenvalue weighted by Gasteiger charge is 2.28. The Morgan fingerprint density at radius 1 is 0.886 bits per heavy atom. The lowest BCUT2D eigenvalue weighted by atomic mass is 9.82. The molecule has 4 aromatic rings. The standard InChI is InChI=1S/C26H29N5O3S/c27-25-22-9-3-4-10-23(22)29-26(30-25)28-16-18-12-14-19(15-13-18)17-31(35(32,33)34)24-11-5-7-20-6-1-2-8-21(20)24/h1-11,18-19H,12-17H2,(H,32,33,34)(H3,27,28,29,30). The second-order valence-electron chi connectivity index (χ2n) is 9.22. The van der Waals surface area contributed by atoms with Crippen molar-refractivity contribution >= 4 is 49.4 Å². The molecule has 0 aliphatic heterocycles. The van der Waals surface area contributed by atoms with Gasteiger partial charge in [0, 0.05) is 23.9 Å². The molecular formula is C26H29N5O3S. The zero-order valence-electron chi connectivity index (χ0n) is 19.3. The predicted octanol–water partition coefficient (Wildman–Crippen LogP) is 4.89.